The molecule has 3 aliphatic heterocycles. The van der Waals surface area contributed by atoms with Gasteiger partial charge < -0.3 is 29.4 Å². The Morgan fingerprint density at radius 2 is 1.90 bits per heavy atom. The predicted molar refractivity (Wildman–Crippen MR) is 146 cm³/mol. The Labute approximate surface area is 229 Å². The van der Waals surface area contributed by atoms with E-state index in [1.54, 1.807) is 49.3 Å². The van der Waals surface area contributed by atoms with Gasteiger partial charge in [0.2, 0.25) is 6.79 Å². The maximum atomic E-state index is 14.2. The zero-order valence-corrected chi connectivity index (χ0v) is 21.9. The number of hydrogen-bond acceptors (Lipinski definition) is 6. The van der Waals surface area contributed by atoms with Gasteiger partial charge in [-0.05, 0) is 66.9 Å². The largest absolute Gasteiger partial charge is 0.497 e. The Morgan fingerprint density at radius 1 is 1.07 bits per heavy atom. The zero-order valence-electron chi connectivity index (χ0n) is 21.9. The van der Waals surface area contributed by atoms with E-state index in [0.717, 1.165) is 32.7 Å². The lowest BCUT2D eigenvalue weighted by Crippen LogP contribution is -2.49. The molecule has 0 saturated carbocycles. The number of amides is 4. The molecule has 10 nitrogen and oxygen atoms in total. The van der Waals surface area contributed by atoms with Crippen LogP contribution >= 0.6 is 0 Å². The number of methoxy groups -OCH3 is 1. The normalized spacial score (nSPS) is 19.1. The van der Waals surface area contributed by atoms with Gasteiger partial charge in [0.1, 0.15) is 5.75 Å². The van der Waals surface area contributed by atoms with Gasteiger partial charge in [0, 0.05) is 24.0 Å². The van der Waals surface area contributed by atoms with Crippen LogP contribution in [0.15, 0.2) is 60.7 Å². The van der Waals surface area contributed by atoms with Gasteiger partial charge in [0.15, 0.2) is 17.0 Å². The summed E-state index contributed by atoms with van der Waals surface area (Å²) >= 11 is 0. The summed E-state index contributed by atoms with van der Waals surface area (Å²) in [5.41, 5.74) is 2.61. The van der Waals surface area contributed by atoms with Gasteiger partial charge in [-0.25, -0.2) is 9.69 Å². The Balaban J connectivity index is 1.21. The van der Waals surface area contributed by atoms with Gasteiger partial charge in [-0.3, -0.25) is 9.59 Å². The molecule has 0 spiro atoms. The second-order valence-electron chi connectivity index (χ2n) is 10.2. The van der Waals surface area contributed by atoms with Crippen molar-refractivity contribution in [3.8, 4) is 17.2 Å². The fourth-order valence-electron chi connectivity index (χ4n) is 5.95. The van der Waals surface area contributed by atoms with Crippen molar-refractivity contribution in [2.24, 2.45) is 0 Å². The third-order valence-electron chi connectivity index (χ3n) is 8.05. The van der Waals surface area contributed by atoms with Crippen LogP contribution in [0.1, 0.15) is 34.1 Å². The standard InChI is InChI=1S/C30H26N4O6/c1-30-26-19(21-14-18(38-2)8-9-22(21)32-26)11-12-33(30)29(37)34(28(30)36)23-6-4-3-5-20(23)27(35)31-15-17-7-10-24-25(13-17)40-16-39-24/h3-10,13-14,32H,11-12,15-16H2,1-2H3,(H,31,35). The number of urea groups is 1. The number of nitrogens with zero attached hydrogens (tertiary/aromatic N) is 2. The molecule has 1 saturated heterocycles. The molecule has 4 aromatic rings. The average molecular weight is 539 g/mol. The van der Waals surface area contributed by atoms with Crippen LogP contribution in [0.25, 0.3) is 10.9 Å². The van der Waals surface area contributed by atoms with E-state index in [1.807, 2.05) is 30.3 Å². The van der Waals surface area contributed by atoms with Gasteiger partial charge >= 0.3 is 6.03 Å². The van der Waals surface area contributed by atoms with Gasteiger partial charge in [-0.15, -0.1) is 0 Å². The molecule has 1 aromatic heterocycles. The number of rotatable bonds is 5. The number of carbonyl (C=O) groups excluding carboxylic acids is 3. The molecule has 1 atom stereocenters. The minimum absolute atomic E-state index is 0.167. The van der Waals surface area contributed by atoms with Crippen LogP contribution < -0.4 is 24.4 Å². The van der Waals surface area contributed by atoms with E-state index in [0.29, 0.717) is 30.2 Å². The van der Waals surface area contributed by atoms with Crippen LogP contribution in [-0.2, 0) is 23.3 Å². The lowest BCUT2D eigenvalue weighted by molar-refractivity contribution is -0.125. The first-order valence-corrected chi connectivity index (χ1v) is 13.0. The van der Waals surface area contributed by atoms with Crippen molar-refractivity contribution in [3.05, 3.63) is 83.0 Å². The van der Waals surface area contributed by atoms with Crippen molar-refractivity contribution < 1.29 is 28.6 Å². The van der Waals surface area contributed by atoms with Gasteiger partial charge in [0.05, 0.1) is 24.1 Å². The molecule has 1 unspecified atom stereocenters. The summed E-state index contributed by atoms with van der Waals surface area (Å²) < 4.78 is 16.2. The minimum atomic E-state index is -1.24. The first-order valence-electron chi connectivity index (χ1n) is 13.0. The number of fused-ring (bicyclic) bond motifs is 6. The Morgan fingerprint density at radius 3 is 2.75 bits per heavy atom. The maximum absolute atomic E-state index is 14.2. The summed E-state index contributed by atoms with van der Waals surface area (Å²) in [5.74, 6) is 1.20. The summed E-state index contributed by atoms with van der Waals surface area (Å²) in [6, 6.07) is 17.4. The van der Waals surface area contributed by atoms with Crippen molar-refractivity contribution in [3.63, 3.8) is 0 Å². The molecule has 0 bridgehead atoms. The zero-order chi connectivity index (χ0) is 27.6. The van der Waals surface area contributed by atoms with Crippen LogP contribution in [0.3, 0.4) is 0 Å². The molecule has 4 amide bonds. The lowest BCUT2D eigenvalue weighted by Gasteiger charge is -2.35. The van der Waals surface area contributed by atoms with Crippen molar-refractivity contribution in [1.29, 1.82) is 0 Å². The summed E-state index contributed by atoms with van der Waals surface area (Å²) in [4.78, 5) is 47.4. The van der Waals surface area contributed by atoms with Crippen LogP contribution in [0.2, 0.25) is 0 Å². The number of imide groups is 1. The predicted octanol–water partition coefficient (Wildman–Crippen LogP) is 4.08. The van der Waals surface area contributed by atoms with E-state index < -0.39 is 23.4 Å². The number of para-hydroxylation sites is 1. The lowest BCUT2D eigenvalue weighted by atomic mass is 9.87. The molecule has 0 radical (unpaired) electrons. The Hall–Kier alpha value is -4.99. The van der Waals surface area contributed by atoms with Crippen molar-refractivity contribution in [2.75, 3.05) is 25.3 Å². The highest BCUT2D eigenvalue weighted by molar-refractivity contribution is 6.25. The molecular formula is C30H26N4O6. The van der Waals surface area contributed by atoms with E-state index >= 15 is 0 Å². The van der Waals surface area contributed by atoms with Gasteiger partial charge in [-0.2, -0.15) is 0 Å². The molecule has 3 aromatic carbocycles. The fourth-order valence-corrected chi connectivity index (χ4v) is 5.95. The minimum Gasteiger partial charge on any atom is -0.497 e. The maximum Gasteiger partial charge on any atom is 0.332 e. The number of ether oxygens (including phenoxy) is 3. The molecule has 10 heteroatoms. The van der Waals surface area contributed by atoms with Crippen molar-refractivity contribution in [1.82, 2.24) is 15.2 Å². The molecule has 7 rings (SSSR count). The number of anilines is 1. The highest BCUT2D eigenvalue weighted by Gasteiger charge is 2.59. The molecular weight excluding hydrogens is 512 g/mol. The number of aromatic nitrogens is 1. The summed E-state index contributed by atoms with van der Waals surface area (Å²) in [6.07, 6.45) is 0.586. The van der Waals surface area contributed by atoms with Crippen molar-refractivity contribution in [2.45, 2.75) is 25.4 Å². The van der Waals surface area contributed by atoms with E-state index in [9.17, 15) is 14.4 Å². The van der Waals surface area contributed by atoms with Crippen LogP contribution in [0.5, 0.6) is 17.2 Å². The molecule has 2 N–H and O–H groups in total. The first-order chi connectivity index (χ1) is 19.4. The fraction of sp³-hybridized carbons (Fsp3) is 0.233. The van der Waals surface area contributed by atoms with Gasteiger partial charge in [0.25, 0.3) is 11.8 Å². The Bertz CT molecular complexity index is 1730. The second kappa shape index (κ2) is 8.77. The number of carbonyl (C=O) groups is 3. The summed E-state index contributed by atoms with van der Waals surface area (Å²) in [7, 11) is 1.61. The number of aromatic amines is 1. The number of H-pyrrole nitrogens is 1. The molecule has 0 aliphatic carbocycles. The van der Waals surface area contributed by atoms with Crippen molar-refractivity contribution >= 4 is 34.4 Å². The quantitative estimate of drug-likeness (QED) is 0.371. The number of benzene rings is 3. The highest BCUT2D eigenvalue weighted by atomic mass is 16.7. The molecule has 202 valence electrons. The highest BCUT2D eigenvalue weighted by Crippen LogP contribution is 2.46. The third-order valence-corrected chi connectivity index (χ3v) is 8.05. The van der Waals surface area contributed by atoms with E-state index in [2.05, 4.69) is 10.3 Å². The summed E-state index contributed by atoms with van der Waals surface area (Å²) in [6.45, 7) is 2.53. The number of nitrogens with one attached hydrogen (secondary N) is 2. The van der Waals surface area contributed by atoms with Crippen LogP contribution in [0.4, 0.5) is 10.5 Å². The molecule has 1 fully saturated rings. The van der Waals surface area contributed by atoms with Crippen LogP contribution in [-0.4, -0.2) is 48.2 Å². The van der Waals surface area contributed by atoms with Gasteiger partial charge in [-0.1, -0.05) is 18.2 Å². The molecule has 3 aliphatic rings. The average Bonchev–Trinajstić information content (AvgIpc) is 3.65. The first kappa shape index (κ1) is 24.1. The smallest absolute Gasteiger partial charge is 0.332 e. The van der Waals surface area contributed by atoms with E-state index in [1.165, 1.54) is 0 Å². The summed E-state index contributed by atoms with van der Waals surface area (Å²) in [5, 5.41) is 3.87. The van der Waals surface area contributed by atoms with E-state index in [-0.39, 0.29) is 24.6 Å². The molecule has 40 heavy (non-hydrogen) atoms. The second-order valence-corrected chi connectivity index (χ2v) is 10.2. The molecule has 4 heterocycles. The monoisotopic (exact) mass is 538 g/mol. The number of hydrogen-bond donors (Lipinski definition) is 2. The van der Waals surface area contributed by atoms with E-state index in [4.69, 9.17) is 14.2 Å². The SMILES string of the molecule is COc1ccc2[nH]c3c(c2c1)CCN1C(=O)N(c2ccccc2C(=O)NCc2ccc4c(c2)OCO4)C(=O)C31C. The topological polar surface area (TPSA) is 113 Å². The third kappa shape index (κ3) is 3.38. The van der Waals surface area contributed by atoms with Crippen LogP contribution in [0, 0.1) is 0 Å². The Kier molecular flexibility index (Phi) is 5.28.